The van der Waals surface area contributed by atoms with Crippen molar-refractivity contribution in [3.8, 4) is 0 Å². The number of amides is 1. The summed E-state index contributed by atoms with van der Waals surface area (Å²) in [5, 5.41) is 0. The topological polar surface area (TPSA) is 43.9 Å². The number of carbonyl (C=O) groups is 2. The lowest BCUT2D eigenvalue weighted by Crippen LogP contribution is -2.54. The molecule has 1 saturated heterocycles. The molecule has 5 nitrogen and oxygen atoms in total. The van der Waals surface area contributed by atoms with Crippen molar-refractivity contribution in [2.45, 2.75) is 52.1 Å². The number of benzene rings is 1. The van der Waals surface area contributed by atoms with Crippen LogP contribution >= 0.6 is 0 Å². The zero-order valence-corrected chi connectivity index (χ0v) is 17.3. The van der Waals surface area contributed by atoms with Gasteiger partial charge in [-0.2, -0.15) is 0 Å². The van der Waals surface area contributed by atoms with E-state index in [1.165, 1.54) is 30.4 Å². The van der Waals surface area contributed by atoms with Gasteiger partial charge in [0.05, 0.1) is 6.54 Å². The molecule has 0 radical (unpaired) electrons. The smallest absolute Gasteiger partial charge is 0.236 e. The van der Waals surface area contributed by atoms with E-state index in [4.69, 9.17) is 0 Å². The predicted molar refractivity (Wildman–Crippen MR) is 110 cm³/mol. The van der Waals surface area contributed by atoms with E-state index >= 15 is 0 Å². The number of ketones is 1. The molecule has 2 unspecified atom stereocenters. The van der Waals surface area contributed by atoms with Crippen molar-refractivity contribution in [2.75, 3.05) is 39.3 Å². The minimum atomic E-state index is 0.117. The lowest BCUT2D eigenvalue weighted by molar-refractivity contribution is -0.134. The summed E-state index contributed by atoms with van der Waals surface area (Å²) in [5.41, 5.74) is 3.30. The van der Waals surface area contributed by atoms with Crippen LogP contribution < -0.4 is 0 Å². The second-order valence-electron chi connectivity index (χ2n) is 8.89. The highest BCUT2D eigenvalue weighted by Crippen LogP contribution is 2.30. The summed E-state index contributed by atoms with van der Waals surface area (Å²) in [6.45, 7) is 9.98. The molecule has 5 heteroatoms. The minimum Gasteiger partial charge on any atom is -0.339 e. The van der Waals surface area contributed by atoms with Gasteiger partial charge in [-0.05, 0) is 49.3 Å². The van der Waals surface area contributed by atoms with Crippen LogP contribution in [-0.4, -0.2) is 71.7 Å². The first-order valence-electron chi connectivity index (χ1n) is 10.9. The number of hydrogen-bond donors (Lipinski definition) is 0. The van der Waals surface area contributed by atoms with Gasteiger partial charge in [0, 0.05) is 50.9 Å². The van der Waals surface area contributed by atoms with Gasteiger partial charge in [0.1, 0.15) is 0 Å². The Morgan fingerprint density at radius 1 is 1.04 bits per heavy atom. The monoisotopic (exact) mass is 383 g/mol. The number of carbonyl (C=O) groups excluding carboxylic acids is 2. The number of nitrogens with zero attached hydrogens (tertiary/aromatic N) is 3. The van der Waals surface area contributed by atoms with Crippen molar-refractivity contribution >= 4 is 11.7 Å². The first kappa shape index (κ1) is 19.6. The number of hydrogen-bond acceptors (Lipinski definition) is 4. The molecule has 1 aliphatic carbocycles. The Morgan fingerprint density at radius 2 is 1.82 bits per heavy atom. The third-order valence-electron chi connectivity index (χ3n) is 7.02. The number of rotatable bonds is 4. The largest absolute Gasteiger partial charge is 0.339 e. The van der Waals surface area contributed by atoms with Crippen LogP contribution in [0.4, 0.5) is 0 Å². The highest BCUT2D eigenvalue weighted by Gasteiger charge is 2.32. The Bertz CT molecular complexity index is 739. The van der Waals surface area contributed by atoms with E-state index in [0.29, 0.717) is 6.54 Å². The third-order valence-corrected chi connectivity index (χ3v) is 7.02. The van der Waals surface area contributed by atoms with Crippen molar-refractivity contribution in [3.05, 3.63) is 34.9 Å². The quantitative estimate of drug-likeness (QED) is 0.750. The van der Waals surface area contributed by atoms with Crippen molar-refractivity contribution in [3.63, 3.8) is 0 Å². The first-order chi connectivity index (χ1) is 13.5. The van der Waals surface area contributed by atoms with Crippen molar-refractivity contribution < 1.29 is 9.59 Å². The lowest BCUT2D eigenvalue weighted by atomic mass is 9.96. The summed E-state index contributed by atoms with van der Waals surface area (Å²) in [5.74, 6) is 1.19. The second kappa shape index (κ2) is 8.34. The molecule has 2 aliphatic heterocycles. The summed E-state index contributed by atoms with van der Waals surface area (Å²) in [6, 6.07) is 6.73. The third kappa shape index (κ3) is 4.15. The Morgan fingerprint density at radius 3 is 2.50 bits per heavy atom. The van der Waals surface area contributed by atoms with Crippen molar-refractivity contribution in [1.29, 1.82) is 0 Å². The minimum absolute atomic E-state index is 0.117. The number of piperazine rings is 1. The van der Waals surface area contributed by atoms with Gasteiger partial charge in [0.2, 0.25) is 5.91 Å². The van der Waals surface area contributed by atoms with E-state index in [-0.39, 0.29) is 11.7 Å². The second-order valence-corrected chi connectivity index (χ2v) is 8.89. The molecule has 1 saturated carbocycles. The molecule has 2 fully saturated rings. The van der Waals surface area contributed by atoms with E-state index in [1.807, 2.05) is 12.1 Å². The van der Waals surface area contributed by atoms with Gasteiger partial charge < -0.3 is 4.90 Å². The van der Waals surface area contributed by atoms with Gasteiger partial charge in [0.15, 0.2) is 5.78 Å². The summed E-state index contributed by atoms with van der Waals surface area (Å²) in [7, 11) is 0. The molecule has 2 atom stereocenters. The summed E-state index contributed by atoms with van der Waals surface area (Å²) < 4.78 is 0. The molecule has 0 bridgehead atoms. The summed E-state index contributed by atoms with van der Waals surface area (Å²) in [6.07, 6.45) is 4.95. The van der Waals surface area contributed by atoms with E-state index in [2.05, 4.69) is 27.7 Å². The molecular formula is C23H33N3O2. The standard InChI is InChI=1S/C23H33N3O2/c1-17-4-3-5-22(17)25-10-12-26(13-11-25)23(28)16-24-9-8-20-14-19(18(2)27)6-7-21(20)15-24/h6-7,14,17,22H,3-5,8-13,15-16H2,1-2H3. The van der Waals surface area contributed by atoms with Gasteiger partial charge >= 0.3 is 0 Å². The molecule has 1 aromatic carbocycles. The predicted octanol–water partition coefficient (Wildman–Crippen LogP) is 2.58. The van der Waals surface area contributed by atoms with Crippen LogP contribution in [0, 0.1) is 5.92 Å². The van der Waals surface area contributed by atoms with Gasteiger partial charge in [-0.1, -0.05) is 25.5 Å². The Hall–Kier alpha value is -1.72. The lowest BCUT2D eigenvalue weighted by Gasteiger charge is -2.40. The zero-order valence-electron chi connectivity index (χ0n) is 17.3. The van der Waals surface area contributed by atoms with Gasteiger partial charge in [-0.25, -0.2) is 0 Å². The molecule has 0 spiro atoms. The molecule has 1 aromatic rings. The SMILES string of the molecule is CC(=O)c1ccc2c(c1)CCN(CC(=O)N1CCN(C3CCCC3C)CC1)C2. The molecular weight excluding hydrogens is 350 g/mol. The van der Waals surface area contributed by atoms with Crippen molar-refractivity contribution in [2.24, 2.45) is 5.92 Å². The van der Waals surface area contributed by atoms with Gasteiger partial charge in [0.25, 0.3) is 0 Å². The fourth-order valence-corrected chi connectivity index (χ4v) is 5.23. The summed E-state index contributed by atoms with van der Waals surface area (Å²) in [4.78, 5) is 31.3. The fourth-order valence-electron chi connectivity index (χ4n) is 5.23. The Labute approximate surface area is 168 Å². The van der Waals surface area contributed by atoms with Crippen molar-refractivity contribution in [1.82, 2.24) is 14.7 Å². The van der Waals surface area contributed by atoms with Crippen LogP contribution in [0.15, 0.2) is 18.2 Å². The molecule has 0 aromatic heterocycles. The Balaban J connectivity index is 1.28. The molecule has 28 heavy (non-hydrogen) atoms. The molecule has 0 N–H and O–H groups in total. The molecule has 2 heterocycles. The highest BCUT2D eigenvalue weighted by atomic mass is 16.2. The van der Waals surface area contributed by atoms with Gasteiger partial charge in [-0.3, -0.25) is 19.4 Å². The number of Topliss-reactive ketones (excluding diaryl/α,β-unsaturated/α-hetero) is 1. The first-order valence-corrected chi connectivity index (χ1v) is 10.9. The maximum Gasteiger partial charge on any atom is 0.236 e. The van der Waals surface area contributed by atoms with E-state index in [1.54, 1.807) is 6.92 Å². The number of fused-ring (bicyclic) bond motifs is 1. The van der Waals surface area contributed by atoms with E-state index < -0.39 is 0 Å². The average Bonchev–Trinajstić information content (AvgIpc) is 3.13. The van der Waals surface area contributed by atoms with Crippen LogP contribution in [0.1, 0.15) is 54.6 Å². The normalized spacial score (nSPS) is 26.3. The molecule has 4 rings (SSSR count). The maximum absolute atomic E-state index is 12.8. The maximum atomic E-state index is 12.8. The fraction of sp³-hybridized carbons (Fsp3) is 0.652. The van der Waals surface area contributed by atoms with Gasteiger partial charge in [-0.15, -0.1) is 0 Å². The Kier molecular flexibility index (Phi) is 5.83. The van der Waals surface area contributed by atoms with E-state index in [0.717, 1.165) is 63.2 Å². The molecule has 152 valence electrons. The molecule has 1 amide bonds. The van der Waals surface area contributed by atoms with Crippen LogP contribution in [-0.2, 0) is 17.8 Å². The molecule has 3 aliphatic rings. The van der Waals surface area contributed by atoms with Crippen LogP contribution in [0.5, 0.6) is 0 Å². The average molecular weight is 384 g/mol. The van der Waals surface area contributed by atoms with E-state index in [9.17, 15) is 9.59 Å². The van der Waals surface area contributed by atoms with Crippen LogP contribution in [0.2, 0.25) is 0 Å². The van der Waals surface area contributed by atoms with Crippen LogP contribution in [0.25, 0.3) is 0 Å². The zero-order chi connectivity index (χ0) is 19.7. The highest BCUT2D eigenvalue weighted by molar-refractivity contribution is 5.94. The summed E-state index contributed by atoms with van der Waals surface area (Å²) >= 11 is 0. The van der Waals surface area contributed by atoms with Crippen LogP contribution in [0.3, 0.4) is 0 Å².